The van der Waals surface area contributed by atoms with Crippen LogP contribution in [0.4, 0.5) is 4.79 Å². The number of amides is 2. The zero-order chi connectivity index (χ0) is 23.8. The lowest BCUT2D eigenvalue weighted by molar-refractivity contribution is -0.161. The summed E-state index contributed by atoms with van der Waals surface area (Å²) >= 11 is 0. The van der Waals surface area contributed by atoms with Crippen molar-refractivity contribution in [1.82, 2.24) is 14.0 Å². The first-order chi connectivity index (χ1) is 16.3. The minimum absolute atomic E-state index is 0.109. The Morgan fingerprint density at radius 2 is 1.91 bits per heavy atom. The van der Waals surface area contributed by atoms with E-state index in [1.165, 1.54) is 0 Å². The van der Waals surface area contributed by atoms with E-state index in [2.05, 4.69) is 5.92 Å². The van der Waals surface area contributed by atoms with Crippen molar-refractivity contribution < 1.29 is 14.3 Å². The van der Waals surface area contributed by atoms with E-state index in [4.69, 9.17) is 16.9 Å². The molecule has 4 saturated carbocycles. The quantitative estimate of drug-likeness (QED) is 0.708. The Kier molecular flexibility index (Phi) is 4.64. The average Bonchev–Trinajstić information content (AvgIpc) is 3.38. The molecule has 0 spiro atoms. The maximum Gasteiger partial charge on any atom is 0.410 e. The molecule has 4 bridgehead atoms. The van der Waals surface area contributed by atoms with Crippen LogP contribution in [0.2, 0.25) is 0 Å². The van der Waals surface area contributed by atoms with Gasteiger partial charge in [-0.15, -0.1) is 6.42 Å². The second kappa shape index (κ2) is 7.39. The molecule has 8 heteroatoms. The van der Waals surface area contributed by atoms with Gasteiger partial charge in [0.2, 0.25) is 5.91 Å². The van der Waals surface area contributed by atoms with E-state index in [0.29, 0.717) is 25.4 Å². The predicted octanol–water partition coefficient (Wildman–Crippen LogP) is 2.38. The van der Waals surface area contributed by atoms with Gasteiger partial charge >= 0.3 is 11.8 Å². The van der Waals surface area contributed by atoms with E-state index in [-0.39, 0.29) is 41.7 Å². The van der Waals surface area contributed by atoms with Gasteiger partial charge in [-0.1, -0.05) is 5.92 Å². The predicted molar refractivity (Wildman–Crippen MR) is 126 cm³/mol. The lowest BCUT2D eigenvalue weighted by Gasteiger charge is -2.58. The number of nitrogens with zero attached hydrogens (tertiary/aromatic N) is 3. The summed E-state index contributed by atoms with van der Waals surface area (Å²) in [4.78, 5) is 40.1. The molecule has 2 N–H and O–H groups in total. The molecule has 8 nitrogen and oxygen atoms in total. The third kappa shape index (κ3) is 3.02. The number of ether oxygens (including phenoxy) is 1. The van der Waals surface area contributed by atoms with Gasteiger partial charge in [0.25, 0.3) is 0 Å². The topological polar surface area (TPSA) is 99.6 Å². The van der Waals surface area contributed by atoms with Crippen molar-refractivity contribution in [2.75, 3.05) is 13.1 Å². The first kappa shape index (κ1) is 21.3. The summed E-state index contributed by atoms with van der Waals surface area (Å²) in [5, 5.41) is 0. The number of aromatic nitrogens is 2. The fraction of sp³-hybridized carbons (Fsp3) is 0.577. The van der Waals surface area contributed by atoms with Crippen LogP contribution in [0.15, 0.2) is 23.0 Å². The summed E-state index contributed by atoms with van der Waals surface area (Å²) < 4.78 is 9.48. The van der Waals surface area contributed by atoms with Crippen molar-refractivity contribution >= 4 is 23.0 Å². The SMILES string of the molecule is C#Cc1ccc2c(c1)n(C)c(=O)n2[C@H]1CCN(C(=O)O[C@H]2C3CC4CC2C[C@](C(N)=O)(C4)C3)C1. The van der Waals surface area contributed by atoms with E-state index in [1.807, 2.05) is 18.2 Å². The van der Waals surface area contributed by atoms with E-state index in [0.717, 1.165) is 48.7 Å². The number of imidazole rings is 1. The summed E-state index contributed by atoms with van der Waals surface area (Å²) in [6.07, 6.45) is 10.2. The number of fused-ring (bicyclic) bond motifs is 1. The van der Waals surface area contributed by atoms with Crippen molar-refractivity contribution in [2.45, 2.75) is 50.7 Å². The minimum Gasteiger partial charge on any atom is -0.446 e. The number of carbonyl (C=O) groups is 2. The van der Waals surface area contributed by atoms with Crippen molar-refractivity contribution in [2.24, 2.45) is 36.0 Å². The fourth-order valence-corrected chi connectivity index (χ4v) is 7.59. The Bertz CT molecular complexity index is 1280. The van der Waals surface area contributed by atoms with Gasteiger partial charge in [-0.05, 0) is 74.5 Å². The second-order valence-corrected chi connectivity index (χ2v) is 10.9. The molecule has 2 unspecified atom stereocenters. The van der Waals surface area contributed by atoms with E-state index >= 15 is 0 Å². The highest BCUT2D eigenvalue weighted by Gasteiger charge is 2.59. The van der Waals surface area contributed by atoms with Crippen molar-refractivity contribution in [3.63, 3.8) is 0 Å². The van der Waals surface area contributed by atoms with Gasteiger partial charge in [0.15, 0.2) is 0 Å². The van der Waals surface area contributed by atoms with Gasteiger partial charge in [-0.25, -0.2) is 9.59 Å². The summed E-state index contributed by atoms with van der Waals surface area (Å²) in [6.45, 7) is 0.981. The molecule has 7 rings (SSSR count). The van der Waals surface area contributed by atoms with Gasteiger partial charge in [-0.2, -0.15) is 0 Å². The Balaban J connectivity index is 1.18. The van der Waals surface area contributed by atoms with Crippen LogP contribution in [0.5, 0.6) is 0 Å². The molecule has 34 heavy (non-hydrogen) atoms. The number of rotatable bonds is 3. The normalized spacial score (nSPS) is 33.9. The maximum atomic E-state index is 13.2. The minimum atomic E-state index is -0.396. The van der Waals surface area contributed by atoms with E-state index < -0.39 is 5.41 Å². The maximum absolute atomic E-state index is 13.2. The molecular formula is C26H30N4O4. The van der Waals surface area contributed by atoms with E-state index in [9.17, 15) is 14.4 Å². The number of primary amides is 1. The van der Waals surface area contributed by atoms with Gasteiger partial charge in [0.1, 0.15) is 6.10 Å². The second-order valence-electron chi connectivity index (χ2n) is 10.9. The highest BCUT2D eigenvalue weighted by molar-refractivity contribution is 5.81. The lowest BCUT2D eigenvalue weighted by Crippen LogP contribution is -2.59. The molecule has 0 radical (unpaired) electrons. The number of carbonyl (C=O) groups excluding carboxylic acids is 2. The lowest BCUT2D eigenvalue weighted by atomic mass is 9.48. The molecule has 1 aliphatic heterocycles. The van der Waals surface area contributed by atoms with Crippen molar-refractivity contribution in [3.05, 3.63) is 34.2 Å². The molecule has 1 aromatic heterocycles. The molecule has 4 aliphatic carbocycles. The monoisotopic (exact) mass is 462 g/mol. The van der Waals surface area contributed by atoms with Crippen LogP contribution < -0.4 is 11.4 Å². The van der Waals surface area contributed by atoms with Crippen LogP contribution in [0, 0.1) is 35.5 Å². The number of hydrogen-bond donors (Lipinski definition) is 1. The van der Waals surface area contributed by atoms with Gasteiger partial charge in [0.05, 0.1) is 22.5 Å². The molecule has 2 aromatic rings. The van der Waals surface area contributed by atoms with E-state index in [1.54, 1.807) is 21.1 Å². The molecule has 5 fully saturated rings. The third-order valence-corrected chi connectivity index (χ3v) is 8.99. The molecule has 2 heterocycles. The molecule has 5 aliphatic rings. The van der Waals surface area contributed by atoms with Gasteiger partial charge in [-0.3, -0.25) is 13.9 Å². The molecule has 178 valence electrons. The third-order valence-electron chi connectivity index (χ3n) is 8.99. The standard InChI is InChI=1S/C26H30N4O4/c1-3-15-4-5-20-21(10-15)28(2)24(32)30(20)19-6-7-29(14-19)25(33)34-22-17-8-16-9-18(22)13-26(11-16,12-17)23(27)31/h1,4-5,10,16-19,22H,6-9,11-14H2,2H3,(H2,27,31)/t16?,17?,18?,19-,22-,26-/m0/s1. The van der Waals surface area contributed by atoms with Crippen molar-refractivity contribution in [3.8, 4) is 12.3 Å². The fourth-order valence-electron chi connectivity index (χ4n) is 7.59. The van der Waals surface area contributed by atoms with Crippen LogP contribution in [-0.2, 0) is 16.6 Å². The number of aryl methyl sites for hydroxylation is 1. The summed E-state index contributed by atoms with van der Waals surface area (Å²) in [5.74, 6) is 3.38. The highest BCUT2D eigenvalue weighted by atomic mass is 16.6. The number of hydrogen-bond acceptors (Lipinski definition) is 4. The smallest absolute Gasteiger partial charge is 0.410 e. The van der Waals surface area contributed by atoms with Crippen molar-refractivity contribution in [1.29, 1.82) is 0 Å². The highest BCUT2D eigenvalue weighted by Crippen LogP contribution is 2.60. The molecule has 3 atom stereocenters. The van der Waals surface area contributed by atoms with Gasteiger partial charge < -0.3 is 15.4 Å². The van der Waals surface area contributed by atoms with Crippen LogP contribution in [-0.4, -0.2) is 45.2 Å². The van der Waals surface area contributed by atoms with Crippen LogP contribution in [0.25, 0.3) is 11.0 Å². The molecule has 1 saturated heterocycles. The zero-order valence-corrected chi connectivity index (χ0v) is 19.4. The Morgan fingerprint density at radius 3 is 2.59 bits per heavy atom. The number of benzene rings is 1. The van der Waals surface area contributed by atoms with Crippen LogP contribution in [0.3, 0.4) is 0 Å². The van der Waals surface area contributed by atoms with Crippen LogP contribution in [0.1, 0.15) is 50.1 Å². The average molecular weight is 463 g/mol. The number of nitrogens with two attached hydrogens (primary N) is 1. The largest absolute Gasteiger partial charge is 0.446 e. The first-order valence-corrected chi connectivity index (χ1v) is 12.2. The Morgan fingerprint density at radius 1 is 1.18 bits per heavy atom. The number of terminal acetylenes is 1. The van der Waals surface area contributed by atoms with Crippen LogP contribution >= 0.6 is 0 Å². The number of likely N-dealkylation sites (tertiary alicyclic amines) is 1. The summed E-state index contributed by atoms with van der Waals surface area (Å²) in [7, 11) is 1.74. The summed E-state index contributed by atoms with van der Waals surface area (Å²) in [5.41, 5.74) is 7.62. The molecule has 1 aromatic carbocycles. The summed E-state index contributed by atoms with van der Waals surface area (Å²) in [6, 6.07) is 5.46. The first-order valence-electron chi connectivity index (χ1n) is 12.2. The molecular weight excluding hydrogens is 432 g/mol. The zero-order valence-electron chi connectivity index (χ0n) is 19.4. The Labute approximate surface area is 198 Å². The Hall–Kier alpha value is -3.21. The van der Waals surface area contributed by atoms with Gasteiger partial charge in [0, 0.05) is 25.7 Å². The molecule has 2 amide bonds.